The Bertz CT molecular complexity index is 1030. The molecule has 2 aromatic carbocycles. The summed E-state index contributed by atoms with van der Waals surface area (Å²) in [5.74, 6) is -0.0892. The number of fused-ring (bicyclic) bond motifs is 1. The average molecular weight is 409 g/mol. The van der Waals surface area contributed by atoms with Crippen molar-refractivity contribution in [2.24, 2.45) is 0 Å². The summed E-state index contributed by atoms with van der Waals surface area (Å²) < 4.78 is 31.1. The van der Waals surface area contributed by atoms with Crippen LogP contribution in [0.2, 0.25) is 0 Å². The van der Waals surface area contributed by atoms with Gasteiger partial charge in [-0.05, 0) is 30.3 Å². The maximum atomic E-state index is 12.4. The molecule has 1 aromatic heterocycles. The summed E-state index contributed by atoms with van der Waals surface area (Å²) in [7, 11) is -3.81. The van der Waals surface area contributed by atoms with Gasteiger partial charge in [0.25, 0.3) is 5.56 Å². The molecule has 0 aliphatic heterocycles. The second-order valence-corrected chi connectivity index (χ2v) is 7.67. The van der Waals surface area contributed by atoms with E-state index in [4.69, 9.17) is 4.18 Å². The quantitative estimate of drug-likeness (QED) is 0.606. The van der Waals surface area contributed by atoms with E-state index in [2.05, 4.69) is 20.9 Å². The van der Waals surface area contributed by atoms with Crippen LogP contribution in [0, 0.1) is 0 Å². The second-order valence-electron chi connectivity index (χ2n) is 5.06. The monoisotopic (exact) mass is 408 g/mol. The summed E-state index contributed by atoms with van der Waals surface area (Å²) in [5, 5.41) is 0.424. The summed E-state index contributed by atoms with van der Waals surface area (Å²) in [6.07, 6.45) is 1.34. The lowest BCUT2D eigenvalue weighted by atomic mass is 10.2. The van der Waals surface area contributed by atoms with E-state index in [1.54, 1.807) is 48.5 Å². The Morgan fingerprint density at radius 2 is 1.88 bits per heavy atom. The topological polar surface area (TPSA) is 78.3 Å². The Hall–Kier alpha value is -2.19. The van der Waals surface area contributed by atoms with Gasteiger partial charge in [-0.3, -0.25) is 9.36 Å². The molecule has 0 amide bonds. The van der Waals surface area contributed by atoms with Crippen molar-refractivity contribution >= 4 is 37.0 Å². The molecule has 0 aliphatic rings. The molecule has 3 aromatic rings. The summed E-state index contributed by atoms with van der Waals surface area (Å²) >= 11 is 3.31. The van der Waals surface area contributed by atoms with E-state index in [-0.39, 0.29) is 23.6 Å². The first kappa shape index (κ1) is 16.7. The van der Waals surface area contributed by atoms with E-state index in [0.717, 1.165) is 4.47 Å². The minimum Gasteiger partial charge on any atom is -0.382 e. The SMILES string of the molecule is O=c1c2cc(Br)ccc2ncn1CCS(=O)(=O)Oc1ccccc1. The molecule has 0 atom stereocenters. The molecule has 24 heavy (non-hydrogen) atoms. The molecule has 8 heteroatoms. The van der Waals surface area contributed by atoms with Gasteiger partial charge in [0.2, 0.25) is 0 Å². The van der Waals surface area contributed by atoms with Crippen LogP contribution in [0.5, 0.6) is 5.75 Å². The van der Waals surface area contributed by atoms with Crippen LogP contribution in [-0.2, 0) is 16.7 Å². The highest BCUT2D eigenvalue weighted by molar-refractivity contribution is 9.10. The normalized spacial score (nSPS) is 11.5. The summed E-state index contributed by atoms with van der Waals surface area (Å²) in [6, 6.07) is 13.4. The third kappa shape index (κ3) is 3.82. The average Bonchev–Trinajstić information content (AvgIpc) is 2.55. The molecule has 124 valence electrons. The number of para-hydroxylation sites is 1. The third-order valence-electron chi connectivity index (χ3n) is 3.33. The van der Waals surface area contributed by atoms with Crippen molar-refractivity contribution in [2.45, 2.75) is 6.54 Å². The minimum absolute atomic E-state index is 0.0382. The van der Waals surface area contributed by atoms with Crippen molar-refractivity contribution in [1.29, 1.82) is 0 Å². The Labute approximate surface area is 147 Å². The van der Waals surface area contributed by atoms with Crippen LogP contribution in [0.4, 0.5) is 0 Å². The maximum absolute atomic E-state index is 12.4. The van der Waals surface area contributed by atoms with Crippen LogP contribution in [0.15, 0.2) is 64.1 Å². The van der Waals surface area contributed by atoms with Gasteiger partial charge in [0.1, 0.15) is 11.5 Å². The first-order chi connectivity index (χ1) is 11.4. The molecule has 0 bridgehead atoms. The van der Waals surface area contributed by atoms with E-state index in [9.17, 15) is 13.2 Å². The summed E-state index contributed by atoms with van der Waals surface area (Å²) in [4.78, 5) is 16.6. The maximum Gasteiger partial charge on any atom is 0.310 e. The molecule has 6 nitrogen and oxygen atoms in total. The molecule has 0 saturated heterocycles. The fourth-order valence-electron chi connectivity index (χ4n) is 2.16. The van der Waals surface area contributed by atoms with Crippen molar-refractivity contribution in [3.05, 3.63) is 69.7 Å². The number of nitrogens with zero attached hydrogens (tertiary/aromatic N) is 2. The lowest BCUT2D eigenvalue weighted by Gasteiger charge is -2.09. The summed E-state index contributed by atoms with van der Waals surface area (Å²) in [5.41, 5.74) is 0.263. The number of aromatic nitrogens is 2. The lowest BCUT2D eigenvalue weighted by Crippen LogP contribution is -2.26. The fraction of sp³-hybridized carbons (Fsp3) is 0.125. The van der Waals surface area contributed by atoms with E-state index in [0.29, 0.717) is 10.9 Å². The van der Waals surface area contributed by atoms with Crippen LogP contribution in [-0.4, -0.2) is 23.7 Å². The molecule has 0 radical (unpaired) electrons. The van der Waals surface area contributed by atoms with Gasteiger partial charge in [0.05, 0.1) is 17.2 Å². The molecule has 3 rings (SSSR count). The molecular weight excluding hydrogens is 396 g/mol. The molecule has 0 N–H and O–H groups in total. The first-order valence-electron chi connectivity index (χ1n) is 7.06. The zero-order chi connectivity index (χ0) is 17.2. The van der Waals surface area contributed by atoms with Crippen LogP contribution in [0.1, 0.15) is 0 Å². The Kier molecular flexibility index (Phi) is 4.68. The smallest absolute Gasteiger partial charge is 0.310 e. The molecule has 0 spiro atoms. The Balaban J connectivity index is 1.80. The molecular formula is C16H13BrN2O4S. The minimum atomic E-state index is -3.81. The van der Waals surface area contributed by atoms with Gasteiger partial charge in [0.15, 0.2) is 0 Å². The Morgan fingerprint density at radius 3 is 2.62 bits per heavy atom. The standard InChI is InChI=1S/C16H13BrN2O4S/c17-12-6-7-15-14(10-12)16(20)19(11-18-15)8-9-24(21,22)23-13-4-2-1-3-5-13/h1-7,10-11H,8-9H2. The van der Waals surface area contributed by atoms with Crippen LogP contribution in [0.25, 0.3) is 10.9 Å². The predicted octanol–water partition coefficient (Wildman–Crippen LogP) is 2.57. The number of aryl methyl sites for hydroxylation is 1. The zero-order valence-electron chi connectivity index (χ0n) is 12.4. The highest BCUT2D eigenvalue weighted by atomic mass is 79.9. The molecule has 0 unspecified atom stereocenters. The van der Waals surface area contributed by atoms with Crippen molar-refractivity contribution in [3.63, 3.8) is 0 Å². The second kappa shape index (κ2) is 6.74. The van der Waals surface area contributed by atoms with Gasteiger partial charge < -0.3 is 4.18 Å². The van der Waals surface area contributed by atoms with Gasteiger partial charge in [-0.1, -0.05) is 34.1 Å². The van der Waals surface area contributed by atoms with E-state index >= 15 is 0 Å². The van der Waals surface area contributed by atoms with Crippen LogP contribution >= 0.6 is 15.9 Å². The van der Waals surface area contributed by atoms with Gasteiger partial charge in [-0.15, -0.1) is 0 Å². The van der Waals surface area contributed by atoms with Gasteiger partial charge in [-0.25, -0.2) is 4.98 Å². The molecule has 0 fully saturated rings. The number of rotatable bonds is 5. The van der Waals surface area contributed by atoms with Gasteiger partial charge >= 0.3 is 10.1 Å². The first-order valence-corrected chi connectivity index (χ1v) is 9.43. The number of hydrogen-bond donors (Lipinski definition) is 0. The van der Waals surface area contributed by atoms with Crippen molar-refractivity contribution in [1.82, 2.24) is 9.55 Å². The fourth-order valence-corrected chi connectivity index (χ4v) is 3.43. The number of halogens is 1. The molecule has 0 aliphatic carbocycles. The third-order valence-corrected chi connectivity index (χ3v) is 4.96. The van der Waals surface area contributed by atoms with Crippen molar-refractivity contribution in [2.75, 3.05) is 5.75 Å². The zero-order valence-corrected chi connectivity index (χ0v) is 14.8. The van der Waals surface area contributed by atoms with E-state index < -0.39 is 10.1 Å². The number of hydrogen-bond acceptors (Lipinski definition) is 5. The molecule has 1 heterocycles. The number of benzene rings is 2. The Morgan fingerprint density at radius 1 is 1.12 bits per heavy atom. The van der Waals surface area contributed by atoms with Crippen LogP contribution in [0.3, 0.4) is 0 Å². The van der Waals surface area contributed by atoms with Crippen LogP contribution < -0.4 is 9.74 Å². The highest BCUT2D eigenvalue weighted by Crippen LogP contribution is 2.15. The highest BCUT2D eigenvalue weighted by Gasteiger charge is 2.14. The largest absolute Gasteiger partial charge is 0.382 e. The lowest BCUT2D eigenvalue weighted by molar-refractivity contribution is 0.480. The predicted molar refractivity (Wildman–Crippen MR) is 94.6 cm³/mol. The summed E-state index contributed by atoms with van der Waals surface area (Å²) in [6.45, 7) is -0.0382. The van der Waals surface area contributed by atoms with E-state index in [1.165, 1.54) is 10.9 Å². The van der Waals surface area contributed by atoms with Gasteiger partial charge in [-0.2, -0.15) is 8.42 Å². The van der Waals surface area contributed by atoms with E-state index in [1.807, 2.05) is 0 Å². The van der Waals surface area contributed by atoms with Gasteiger partial charge in [0, 0.05) is 11.0 Å². The molecule has 0 saturated carbocycles. The van der Waals surface area contributed by atoms with Crippen molar-refractivity contribution in [3.8, 4) is 5.75 Å². The van der Waals surface area contributed by atoms with Crippen molar-refractivity contribution < 1.29 is 12.6 Å².